The van der Waals surface area contributed by atoms with E-state index in [0.717, 1.165) is 23.5 Å². The predicted molar refractivity (Wildman–Crippen MR) is 71.7 cm³/mol. The quantitative estimate of drug-likeness (QED) is 0.637. The summed E-state index contributed by atoms with van der Waals surface area (Å²) < 4.78 is 0. The summed E-state index contributed by atoms with van der Waals surface area (Å²) in [6.45, 7) is 5.35. The number of rotatable bonds is 5. The first-order valence-electron chi connectivity index (χ1n) is 6.02. The SMILES string of the molecule is Cc1n[nH]c(C)c1CNCc1ccc([N+](=O)[O-])cc1. The Morgan fingerprint density at radius 2 is 1.95 bits per heavy atom. The minimum Gasteiger partial charge on any atom is -0.308 e. The number of non-ortho nitro benzene ring substituents is 1. The van der Waals surface area contributed by atoms with E-state index < -0.39 is 4.92 Å². The van der Waals surface area contributed by atoms with E-state index >= 15 is 0 Å². The molecule has 0 aliphatic heterocycles. The van der Waals surface area contributed by atoms with Gasteiger partial charge in [-0.2, -0.15) is 5.10 Å². The third-order valence-corrected chi connectivity index (χ3v) is 3.06. The van der Waals surface area contributed by atoms with Crippen molar-refractivity contribution in [1.29, 1.82) is 0 Å². The van der Waals surface area contributed by atoms with Gasteiger partial charge in [0.2, 0.25) is 0 Å². The van der Waals surface area contributed by atoms with E-state index in [9.17, 15) is 10.1 Å². The molecule has 0 saturated carbocycles. The van der Waals surface area contributed by atoms with Crippen LogP contribution < -0.4 is 5.32 Å². The van der Waals surface area contributed by atoms with E-state index in [2.05, 4.69) is 15.5 Å². The summed E-state index contributed by atoms with van der Waals surface area (Å²) in [5, 5.41) is 20.9. The number of aryl methyl sites for hydroxylation is 2. The van der Waals surface area contributed by atoms with E-state index in [0.29, 0.717) is 6.54 Å². The highest BCUT2D eigenvalue weighted by Crippen LogP contribution is 2.12. The van der Waals surface area contributed by atoms with Crippen molar-refractivity contribution < 1.29 is 4.92 Å². The first-order chi connectivity index (χ1) is 9.08. The first-order valence-corrected chi connectivity index (χ1v) is 6.02. The normalized spacial score (nSPS) is 10.6. The highest BCUT2D eigenvalue weighted by Gasteiger charge is 2.06. The first kappa shape index (κ1) is 13.2. The second-order valence-electron chi connectivity index (χ2n) is 4.44. The molecule has 0 radical (unpaired) electrons. The van der Waals surface area contributed by atoms with Gasteiger partial charge in [0.05, 0.1) is 10.6 Å². The van der Waals surface area contributed by atoms with E-state index in [1.54, 1.807) is 12.1 Å². The number of nitro groups is 1. The van der Waals surface area contributed by atoms with Crippen molar-refractivity contribution in [1.82, 2.24) is 15.5 Å². The fourth-order valence-corrected chi connectivity index (χ4v) is 1.90. The molecule has 0 fully saturated rings. The molecule has 0 bridgehead atoms. The lowest BCUT2D eigenvalue weighted by molar-refractivity contribution is -0.384. The smallest absolute Gasteiger partial charge is 0.269 e. The van der Waals surface area contributed by atoms with Gasteiger partial charge < -0.3 is 5.32 Å². The molecular weight excluding hydrogens is 244 g/mol. The lowest BCUT2D eigenvalue weighted by Gasteiger charge is -2.05. The number of nitrogens with zero attached hydrogens (tertiary/aromatic N) is 2. The molecule has 6 nitrogen and oxygen atoms in total. The zero-order valence-corrected chi connectivity index (χ0v) is 10.9. The number of hydrogen-bond acceptors (Lipinski definition) is 4. The third kappa shape index (κ3) is 3.17. The highest BCUT2D eigenvalue weighted by atomic mass is 16.6. The van der Waals surface area contributed by atoms with E-state index in [-0.39, 0.29) is 5.69 Å². The minimum atomic E-state index is -0.393. The van der Waals surface area contributed by atoms with Crippen molar-refractivity contribution in [2.45, 2.75) is 26.9 Å². The van der Waals surface area contributed by atoms with E-state index in [4.69, 9.17) is 0 Å². The molecule has 19 heavy (non-hydrogen) atoms. The molecule has 100 valence electrons. The standard InChI is InChI=1S/C13H16N4O2/c1-9-13(10(2)16-15-9)8-14-7-11-3-5-12(6-4-11)17(18)19/h3-6,14H,7-8H2,1-2H3,(H,15,16). The van der Waals surface area contributed by atoms with Gasteiger partial charge in [0, 0.05) is 36.5 Å². The average molecular weight is 260 g/mol. The van der Waals surface area contributed by atoms with Gasteiger partial charge in [-0.1, -0.05) is 12.1 Å². The maximum atomic E-state index is 10.5. The van der Waals surface area contributed by atoms with Gasteiger partial charge in [-0.25, -0.2) is 0 Å². The highest BCUT2D eigenvalue weighted by molar-refractivity contribution is 5.32. The molecule has 2 aromatic rings. The summed E-state index contributed by atoms with van der Waals surface area (Å²) in [5.41, 5.74) is 4.36. The average Bonchev–Trinajstić information content (AvgIpc) is 2.71. The molecule has 2 rings (SSSR count). The summed E-state index contributed by atoms with van der Waals surface area (Å²) in [5.74, 6) is 0. The molecule has 0 amide bonds. The second-order valence-corrected chi connectivity index (χ2v) is 4.44. The van der Waals surface area contributed by atoms with Crippen molar-refractivity contribution in [3.63, 3.8) is 0 Å². The molecular formula is C13H16N4O2. The topological polar surface area (TPSA) is 83.8 Å². The summed E-state index contributed by atoms with van der Waals surface area (Å²) >= 11 is 0. The Labute approximate surface area is 111 Å². The van der Waals surface area contributed by atoms with Crippen LogP contribution in [0.1, 0.15) is 22.5 Å². The molecule has 1 aromatic heterocycles. The van der Waals surface area contributed by atoms with Crippen molar-refractivity contribution in [3.8, 4) is 0 Å². The van der Waals surface area contributed by atoms with Crippen LogP contribution in [0.4, 0.5) is 5.69 Å². The Kier molecular flexibility index (Phi) is 3.91. The maximum absolute atomic E-state index is 10.5. The fraction of sp³-hybridized carbons (Fsp3) is 0.308. The molecule has 0 spiro atoms. The summed E-state index contributed by atoms with van der Waals surface area (Å²) in [7, 11) is 0. The zero-order valence-electron chi connectivity index (χ0n) is 10.9. The number of H-pyrrole nitrogens is 1. The van der Waals surface area contributed by atoms with Crippen LogP contribution in [-0.2, 0) is 13.1 Å². The van der Waals surface area contributed by atoms with Crippen molar-refractivity contribution in [2.24, 2.45) is 0 Å². The number of aromatic amines is 1. The van der Waals surface area contributed by atoms with Crippen LogP contribution in [0.2, 0.25) is 0 Å². The lowest BCUT2D eigenvalue weighted by Crippen LogP contribution is -2.13. The van der Waals surface area contributed by atoms with Gasteiger partial charge >= 0.3 is 0 Å². The Morgan fingerprint density at radius 1 is 1.26 bits per heavy atom. The molecule has 0 unspecified atom stereocenters. The third-order valence-electron chi connectivity index (χ3n) is 3.06. The Hall–Kier alpha value is -2.21. The molecule has 0 saturated heterocycles. The molecule has 0 aliphatic rings. The Bertz CT molecular complexity index is 555. The van der Waals surface area contributed by atoms with Gasteiger partial charge in [0.1, 0.15) is 0 Å². The van der Waals surface area contributed by atoms with Gasteiger partial charge in [-0.15, -0.1) is 0 Å². The number of benzene rings is 1. The van der Waals surface area contributed by atoms with Gasteiger partial charge in [-0.3, -0.25) is 15.2 Å². The predicted octanol–water partition coefficient (Wildman–Crippen LogP) is 2.22. The van der Waals surface area contributed by atoms with Gasteiger partial charge in [0.15, 0.2) is 0 Å². The second kappa shape index (κ2) is 5.62. The van der Waals surface area contributed by atoms with Crippen LogP contribution in [0.5, 0.6) is 0 Å². The lowest BCUT2D eigenvalue weighted by atomic mass is 10.2. The zero-order chi connectivity index (χ0) is 13.8. The van der Waals surface area contributed by atoms with E-state index in [1.165, 1.54) is 17.7 Å². The molecule has 0 aliphatic carbocycles. The van der Waals surface area contributed by atoms with Gasteiger partial charge in [0.25, 0.3) is 5.69 Å². The van der Waals surface area contributed by atoms with Crippen LogP contribution in [0.25, 0.3) is 0 Å². The number of nitro benzene ring substituents is 1. The Morgan fingerprint density at radius 3 is 2.47 bits per heavy atom. The van der Waals surface area contributed by atoms with Crippen LogP contribution in [-0.4, -0.2) is 15.1 Å². The molecule has 1 heterocycles. The van der Waals surface area contributed by atoms with Crippen molar-refractivity contribution in [2.75, 3.05) is 0 Å². The number of hydrogen-bond donors (Lipinski definition) is 2. The van der Waals surface area contributed by atoms with Crippen molar-refractivity contribution in [3.05, 3.63) is 56.9 Å². The number of nitrogens with one attached hydrogen (secondary N) is 2. The molecule has 2 N–H and O–H groups in total. The van der Waals surface area contributed by atoms with Crippen LogP contribution >= 0.6 is 0 Å². The summed E-state index contributed by atoms with van der Waals surface area (Å²) in [4.78, 5) is 10.1. The van der Waals surface area contributed by atoms with Crippen molar-refractivity contribution >= 4 is 5.69 Å². The minimum absolute atomic E-state index is 0.116. The molecule has 1 aromatic carbocycles. The fourth-order valence-electron chi connectivity index (χ4n) is 1.90. The largest absolute Gasteiger partial charge is 0.308 e. The number of aromatic nitrogens is 2. The van der Waals surface area contributed by atoms with Crippen LogP contribution in [0.3, 0.4) is 0 Å². The van der Waals surface area contributed by atoms with Crippen LogP contribution in [0, 0.1) is 24.0 Å². The monoisotopic (exact) mass is 260 g/mol. The van der Waals surface area contributed by atoms with Crippen LogP contribution in [0.15, 0.2) is 24.3 Å². The summed E-state index contributed by atoms with van der Waals surface area (Å²) in [6, 6.07) is 6.57. The molecule has 0 atom stereocenters. The Balaban J connectivity index is 1.91. The maximum Gasteiger partial charge on any atom is 0.269 e. The van der Waals surface area contributed by atoms with Gasteiger partial charge in [-0.05, 0) is 19.4 Å². The van der Waals surface area contributed by atoms with E-state index in [1.807, 2.05) is 13.8 Å². The summed E-state index contributed by atoms with van der Waals surface area (Å²) in [6.07, 6.45) is 0. The molecule has 6 heteroatoms.